The molecule has 6 nitrogen and oxygen atoms in total. The number of aromatic nitrogens is 3. The Bertz CT molecular complexity index is 1030. The molecule has 0 spiro atoms. The smallest absolute Gasteiger partial charge is 0.234 e. The molecule has 0 saturated carbocycles. The quantitative estimate of drug-likeness (QED) is 0.422. The Labute approximate surface area is 183 Å². The zero-order chi connectivity index (χ0) is 21.2. The SMILES string of the molecule is CC(C)(C)c1ccc(-c2nnc(SCC(=O)Nc3cccc(Cl)c3Cl)n2N)cc1. The second kappa shape index (κ2) is 8.65. The van der Waals surface area contributed by atoms with Crippen LogP contribution >= 0.6 is 35.0 Å². The zero-order valence-corrected chi connectivity index (χ0v) is 18.6. The Morgan fingerprint density at radius 1 is 1.14 bits per heavy atom. The van der Waals surface area contributed by atoms with Crippen molar-refractivity contribution < 1.29 is 4.79 Å². The molecule has 2 aromatic carbocycles. The minimum absolute atomic E-state index is 0.0647. The highest BCUT2D eigenvalue weighted by Gasteiger charge is 2.17. The standard InChI is InChI=1S/C20H21Cl2N5OS/c1-20(2,3)13-9-7-12(8-10-13)18-25-26-19(27(18)23)29-11-16(28)24-15-6-4-5-14(21)17(15)22/h4-10H,11,23H2,1-3H3,(H,24,28). The van der Waals surface area contributed by atoms with Crippen LogP contribution in [0.25, 0.3) is 11.4 Å². The summed E-state index contributed by atoms with van der Waals surface area (Å²) in [6, 6.07) is 13.1. The van der Waals surface area contributed by atoms with E-state index in [1.54, 1.807) is 18.2 Å². The summed E-state index contributed by atoms with van der Waals surface area (Å²) < 4.78 is 1.39. The number of carbonyl (C=O) groups excluding carboxylic acids is 1. The van der Waals surface area contributed by atoms with Crippen molar-refractivity contribution in [3.05, 3.63) is 58.1 Å². The predicted molar refractivity (Wildman–Crippen MR) is 120 cm³/mol. The number of benzene rings is 2. The van der Waals surface area contributed by atoms with Crippen molar-refractivity contribution in [2.45, 2.75) is 31.3 Å². The van der Waals surface area contributed by atoms with E-state index in [1.807, 2.05) is 12.1 Å². The van der Waals surface area contributed by atoms with Gasteiger partial charge in [0.25, 0.3) is 0 Å². The van der Waals surface area contributed by atoms with Crippen molar-refractivity contribution in [3.63, 3.8) is 0 Å². The summed E-state index contributed by atoms with van der Waals surface area (Å²) in [7, 11) is 0. The lowest BCUT2D eigenvalue weighted by atomic mass is 9.87. The molecule has 0 bridgehead atoms. The highest BCUT2D eigenvalue weighted by molar-refractivity contribution is 7.99. The molecule has 29 heavy (non-hydrogen) atoms. The van der Waals surface area contributed by atoms with Crippen molar-refractivity contribution in [1.82, 2.24) is 14.9 Å². The largest absolute Gasteiger partial charge is 0.335 e. The number of thioether (sulfide) groups is 1. The third-order valence-corrected chi connectivity index (χ3v) is 5.99. The van der Waals surface area contributed by atoms with Gasteiger partial charge in [0, 0.05) is 5.56 Å². The lowest BCUT2D eigenvalue weighted by Crippen LogP contribution is -2.16. The third-order valence-electron chi connectivity index (χ3n) is 4.23. The molecule has 0 aliphatic heterocycles. The molecule has 0 saturated heterocycles. The number of nitrogens with zero attached hydrogens (tertiary/aromatic N) is 3. The molecule has 0 aliphatic rings. The van der Waals surface area contributed by atoms with E-state index in [1.165, 1.54) is 22.0 Å². The Morgan fingerprint density at radius 2 is 1.83 bits per heavy atom. The number of amides is 1. The summed E-state index contributed by atoms with van der Waals surface area (Å²) in [6.45, 7) is 6.47. The molecular formula is C20H21Cl2N5OS. The van der Waals surface area contributed by atoms with E-state index >= 15 is 0 Å². The molecule has 0 radical (unpaired) electrons. The minimum atomic E-state index is -0.252. The fourth-order valence-corrected chi connectivity index (χ4v) is 3.61. The van der Waals surface area contributed by atoms with E-state index in [9.17, 15) is 4.79 Å². The number of anilines is 1. The van der Waals surface area contributed by atoms with Gasteiger partial charge in [0.2, 0.25) is 11.1 Å². The number of hydrogen-bond donors (Lipinski definition) is 2. The van der Waals surface area contributed by atoms with Gasteiger partial charge in [-0.1, -0.05) is 86.1 Å². The van der Waals surface area contributed by atoms with E-state index in [-0.39, 0.29) is 17.1 Å². The molecule has 0 atom stereocenters. The summed E-state index contributed by atoms with van der Waals surface area (Å²) in [4.78, 5) is 12.2. The van der Waals surface area contributed by atoms with Crippen molar-refractivity contribution in [3.8, 4) is 11.4 Å². The summed E-state index contributed by atoms with van der Waals surface area (Å²) in [5.74, 6) is 6.52. The Kier molecular flexibility index (Phi) is 6.41. The number of rotatable bonds is 5. The van der Waals surface area contributed by atoms with Gasteiger partial charge in [-0.3, -0.25) is 4.79 Å². The van der Waals surface area contributed by atoms with Gasteiger partial charge in [0.1, 0.15) is 0 Å². The topological polar surface area (TPSA) is 85.8 Å². The molecular weight excluding hydrogens is 429 g/mol. The first kappa shape index (κ1) is 21.5. The van der Waals surface area contributed by atoms with Gasteiger partial charge in [0.05, 0.1) is 21.5 Å². The summed E-state index contributed by atoms with van der Waals surface area (Å²) in [5.41, 5.74) is 2.60. The summed E-state index contributed by atoms with van der Waals surface area (Å²) >= 11 is 13.2. The molecule has 1 amide bonds. The number of halogens is 2. The van der Waals surface area contributed by atoms with Crippen molar-refractivity contribution in [2.24, 2.45) is 0 Å². The molecule has 0 aliphatic carbocycles. The number of nitrogen functional groups attached to an aromatic ring is 1. The monoisotopic (exact) mass is 449 g/mol. The van der Waals surface area contributed by atoms with Gasteiger partial charge in [-0.2, -0.15) is 0 Å². The number of carbonyl (C=O) groups is 1. The van der Waals surface area contributed by atoms with Crippen LogP contribution in [0.2, 0.25) is 10.0 Å². The zero-order valence-electron chi connectivity index (χ0n) is 16.2. The fourth-order valence-electron chi connectivity index (χ4n) is 2.61. The molecule has 0 unspecified atom stereocenters. The maximum Gasteiger partial charge on any atom is 0.234 e. The average molecular weight is 450 g/mol. The molecule has 0 fully saturated rings. The van der Waals surface area contributed by atoms with Gasteiger partial charge in [-0.25, -0.2) is 4.68 Å². The van der Waals surface area contributed by atoms with Crippen LogP contribution in [0.5, 0.6) is 0 Å². The molecule has 3 rings (SSSR count). The fraction of sp³-hybridized carbons (Fsp3) is 0.250. The first-order valence-electron chi connectivity index (χ1n) is 8.85. The Balaban J connectivity index is 1.67. The molecule has 1 aromatic heterocycles. The second-order valence-corrected chi connectivity index (χ2v) is 9.17. The summed E-state index contributed by atoms with van der Waals surface area (Å²) in [5, 5.41) is 12.1. The van der Waals surface area contributed by atoms with Crippen LogP contribution in [0.3, 0.4) is 0 Å². The molecule has 9 heteroatoms. The van der Waals surface area contributed by atoms with Gasteiger partial charge < -0.3 is 11.2 Å². The van der Waals surface area contributed by atoms with Gasteiger partial charge in [-0.15, -0.1) is 10.2 Å². The normalized spacial score (nSPS) is 11.5. The van der Waals surface area contributed by atoms with Gasteiger partial charge in [0.15, 0.2) is 5.82 Å². The maximum absolute atomic E-state index is 12.2. The first-order chi connectivity index (χ1) is 13.7. The van der Waals surface area contributed by atoms with Crippen LogP contribution in [-0.2, 0) is 10.2 Å². The van der Waals surface area contributed by atoms with Gasteiger partial charge >= 0.3 is 0 Å². The Hall–Kier alpha value is -2.22. The predicted octanol–water partition coefficient (Wildman–Crippen LogP) is 4.99. The van der Waals surface area contributed by atoms with E-state index in [0.29, 0.717) is 26.7 Å². The van der Waals surface area contributed by atoms with Crippen molar-refractivity contribution >= 4 is 46.6 Å². The van der Waals surface area contributed by atoms with Crippen molar-refractivity contribution in [1.29, 1.82) is 0 Å². The van der Waals surface area contributed by atoms with E-state index in [2.05, 4.69) is 48.4 Å². The molecule has 152 valence electrons. The highest BCUT2D eigenvalue weighted by Crippen LogP contribution is 2.30. The molecule has 3 aromatic rings. The first-order valence-corrected chi connectivity index (χ1v) is 10.6. The third kappa shape index (κ3) is 5.04. The van der Waals surface area contributed by atoms with Crippen LogP contribution in [0.1, 0.15) is 26.3 Å². The summed E-state index contributed by atoms with van der Waals surface area (Å²) in [6.07, 6.45) is 0. The van der Waals surface area contributed by atoms with E-state index in [4.69, 9.17) is 29.0 Å². The van der Waals surface area contributed by atoms with E-state index in [0.717, 1.165) is 5.56 Å². The molecule has 3 N–H and O–H groups in total. The van der Waals surface area contributed by atoms with Crippen LogP contribution < -0.4 is 11.2 Å². The van der Waals surface area contributed by atoms with Crippen LogP contribution in [0.15, 0.2) is 47.6 Å². The Morgan fingerprint density at radius 3 is 2.48 bits per heavy atom. The van der Waals surface area contributed by atoms with E-state index < -0.39 is 0 Å². The number of nitrogens with two attached hydrogens (primary N) is 1. The number of nitrogens with one attached hydrogen (secondary N) is 1. The lowest BCUT2D eigenvalue weighted by molar-refractivity contribution is -0.113. The second-order valence-electron chi connectivity index (χ2n) is 7.44. The van der Waals surface area contributed by atoms with Crippen LogP contribution in [-0.4, -0.2) is 26.5 Å². The van der Waals surface area contributed by atoms with Crippen molar-refractivity contribution in [2.75, 3.05) is 16.9 Å². The van der Waals surface area contributed by atoms with Crippen LogP contribution in [0.4, 0.5) is 5.69 Å². The minimum Gasteiger partial charge on any atom is -0.335 e. The highest BCUT2D eigenvalue weighted by atomic mass is 35.5. The van der Waals surface area contributed by atoms with Gasteiger partial charge in [-0.05, 0) is 23.1 Å². The molecule has 1 heterocycles. The lowest BCUT2D eigenvalue weighted by Gasteiger charge is -2.19. The number of hydrogen-bond acceptors (Lipinski definition) is 5. The maximum atomic E-state index is 12.2. The van der Waals surface area contributed by atoms with Crippen LogP contribution in [0, 0.1) is 0 Å². The average Bonchev–Trinajstić information content (AvgIpc) is 3.04.